The molecule has 1 aliphatic heterocycles. The van der Waals surface area contributed by atoms with E-state index >= 15 is 0 Å². The SMILES string of the molecule is COc1ccc(OC)c(NC2C(=O)Nc3ccc(C)cc32)c1. The maximum atomic E-state index is 12.3. The van der Waals surface area contributed by atoms with E-state index in [-0.39, 0.29) is 5.91 Å². The largest absolute Gasteiger partial charge is 0.497 e. The molecule has 0 aromatic heterocycles. The number of carbonyl (C=O) groups is 1. The maximum Gasteiger partial charge on any atom is 0.251 e. The van der Waals surface area contributed by atoms with Gasteiger partial charge in [0.15, 0.2) is 0 Å². The number of hydrogen-bond acceptors (Lipinski definition) is 4. The third kappa shape index (κ3) is 2.45. The van der Waals surface area contributed by atoms with Gasteiger partial charge in [0, 0.05) is 17.3 Å². The van der Waals surface area contributed by atoms with E-state index in [1.165, 1.54) is 0 Å². The Morgan fingerprint density at radius 3 is 2.64 bits per heavy atom. The van der Waals surface area contributed by atoms with E-state index in [4.69, 9.17) is 9.47 Å². The number of fused-ring (bicyclic) bond motifs is 1. The molecular weight excluding hydrogens is 280 g/mol. The lowest BCUT2D eigenvalue weighted by Crippen LogP contribution is -2.20. The van der Waals surface area contributed by atoms with Gasteiger partial charge in [-0.2, -0.15) is 0 Å². The van der Waals surface area contributed by atoms with Crippen LogP contribution in [0.1, 0.15) is 17.2 Å². The molecule has 114 valence electrons. The number of anilines is 2. The fourth-order valence-electron chi connectivity index (χ4n) is 2.61. The van der Waals surface area contributed by atoms with Gasteiger partial charge in [0.1, 0.15) is 17.5 Å². The standard InChI is InChI=1S/C17H18N2O3/c1-10-4-6-13-12(8-10)16(17(20)19-13)18-14-9-11(21-2)5-7-15(14)22-3/h4-9,16,18H,1-3H3,(H,19,20). The zero-order chi connectivity index (χ0) is 15.7. The second kappa shape index (κ2) is 5.60. The van der Waals surface area contributed by atoms with Crippen LogP contribution in [0.15, 0.2) is 36.4 Å². The van der Waals surface area contributed by atoms with Crippen LogP contribution < -0.4 is 20.1 Å². The van der Waals surface area contributed by atoms with Crippen LogP contribution in [-0.2, 0) is 4.79 Å². The minimum absolute atomic E-state index is 0.0783. The van der Waals surface area contributed by atoms with E-state index in [0.717, 1.165) is 22.5 Å². The molecule has 1 unspecified atom stereocenters. The van der Waals surface area contributed by atoms with Crippen molar-refractivity contribution >= 4 is 17.3 Å². The molecule has 0 saturated carbocycles. The molecule has 0 fully saturated rings. The molecule has 2 aromatic carbocycles. The van der Waals surface area contributed by atoms with Crippen LogP contribution in [-0.4, -0.2) is 20.1 Å². The minimum atomic E-state index is -0.448. The smallest absolute Gasteiger partial charge is 0.251 e. The van der Waals surface area contributed by atoms with Gasteiger partial charge in [0.2, 0.25) is 0 Å². The van der Waals surface area contributed by atoms with Gasteiger partial charge in [-0.3, -0.25) is 4.79 Å². The van der Waals surface area contributed by atoms with E-state index < -0.39 is 6.04 Å². The monoisotopic (exact) mass is 298 g/mol. The number of methoxy groups -OCH3 is 2. The molecule has 0 bridgehead atoms. The highest BCUT2D eigenvalue weighted by Gasteiger charge is 2.31. The van der Waals surface area contributed by atoms with Gasteiger partial charge >= 0.3 is 0 Å². The van der Waals surface area contributed by atoms with E-state index in [0.29, 0.717) is 11.5 Å². The van der Waals surface area contributed by atoms with Gasteiger partial charge in [-0.05, 0) is 25.1 Å². The molecule has 0 saturated heterocycles. The number of aryl methyl sites for hydroxylation is 1. The summed E-state index contributed by atoms with van der Waals surface area (Å²) in [5, 5.41) is 6.14. The average Bonchev–Trinajstić information content (AvgIpc) is 2.83. The van der Waals surface area contributed by atoms with E-state index in [1.807, 2.05) is 43.3 Å². The zero-order valence-corrected chi connectivity index (χ0v) is 12.8. The third-order valence-electron chi connectivity index (χ3n) is 3.74. The number of ether oxygens (including phenoxy) is 2. The fraction of sp³-hybridized carbons (Fsp3) is 0.235. The van der Waals surface area contributed by atoms with Crippen molar-refractivity contribution in [3.05, 3.63) is 47.5 Å². The highest BCUT2D eigenvalue weighted by atomic mass is 16.5. The van der Waals surface area contributed by atoms with Gasteiger partial charge in [-0.1, -0.05) is 17.7 Å². The van der Waals surface area contributed by atoms with Crippen molar-refractivity contribution in [2.45, 2.75) is 13.0 Å². The summed E-state index contributed by atoms with van der Waals surface area (Å²) in [6, 6.07) is 10.9. The number of benzene rings is 2. The Hall–Kier alpha value is -2.69. The molecule has 2 N–H and O–H groups in total. The molecule has 0 spiro atoms. The van der Waals surface area contributed by atoms with Crippen LogP contribution >= 0.6 is 0 Å². The fourth-order valence-corrected chi connectivity index (χ4v) is 2.61. The summed E-state index contributed by atoms with van der Waals surface area (Å²) in [4.78, 5) is 12.3. The highest BCUT2D eigenvalue weighted by molar-refractivity contribution is 6.04. The summed E-state index contributed by atoms with van der Waals surface area (Å²) in [6.07, 6.45) is 0. The normalized spacial score (nSPS) is 16.0. The number of hydrogen-bond donors (Lipinski definition) is 2. The van der Waals surface area contributed by atoms with Crippen molar-refractivity contribution in [2.24, 2.45) is 0 Å². The summed E-state index contributed by atoms with van der Waals surface area (Å²) in [5.74, 6) is 1.28. The Balaban J connectivity index is 1.97. The summed E-state index contributed by atoms with van der Waals surface area (Å²) < 4.78 is 10.6. The average molecular weight is 298 g/mol. The van der Waals surface area contributed by atoms with Gasteiger partial charge in [-0.25, -0.2) is 0 Å². The lowest BCUT2D eigenvalue weighted by atomic mass is 10.0. The number of nitrogens with one attached hydrogen (secondary N) is 2. The zero-order valence-electron chi connectivity index (χ0n) is 12.8. The van der Waals surface area contributed by atoms with Crippen LogP contribution in [0.25, 0.3) is 0 Å². The summed E-state index contributed by atoms with van der Waals surface area (Å²) in [6.45, 7) is 2.01. The maximum absolute atomic E-state index is 12.3. The van der Waals surface area contributed by atoms with Crippen LogP contribution in [0, 0.1) is 6.92 Å². The predicted octanol–water partition coefficient (Wildman–Crippen LogP) is 3.12. The first-order valence-electron chi connectivity index (χ1n) is 7.02. The topological polar surface area (TPSA) is 59.6 Å². The van der Waals surface area contributed by atoms with Crippen molar-refractivity contribution in [1.29, 1.82) is 0 Å². The Bertz CT molecular complexity index is 728. The molecule has 3 rings (SSSR count). The highest BCUT2D eigenvalue weighted by Crippen LogP contribution is 2.37. The molecule has 1 atom stereocenters. The van der Waals surface area contributed by atoms with Crippen LogP contribution in [0.3, 0.4) is 0 Å². The predicted molar refractivity (Wildman–Crippen MR) is 85.7 cm³/mol. The van der Waals surface area contributed by atoms with Crippen molar-refractivity contribution in [3.63, 3.8) is 0 Å². The van der Waals surface area contributed by atoms with Crippen LogP contribution in [0.5, 0.6) is 11.5 Å². The van der Waals surface area contributed by atoms with Gasteiger partial charge < -0.3 is 20.1 Å². The Kier molecular flexibility index (Phi) is 3.63. The molecule has 5 nitrogen and oxygen atoms in total. The van der Waals surface area contributed by atoms with Gasteiger partial charge in [0.25, 0.3) is 5.91 Å². The second-order valence-electron chi connectivity index (χ2n) is 5.22. The second-order valence-corrected chi connectivity index (χ2v) is 5.22. The van der Waals surface area contributed by atoms with Crippen LogP contribution in [0.2, 0.25) is 0 Å². The molecule has 1 amide bonds. The van der Waals surface area contributed by atoms with Gasteiger partial charge in [-0.15, -0.1) is 0 Å². The van der Waals surface area contributed by atoms with Crippen molar-refractivity contribution in [2.75, 3.05) is 24.9 Å². The molecular formula is C17H18N2O3. The van der Waals surface area contributed by atoms with Crippen molar-refractivity contribution in [1.82, 2.24) is 0 Å². The number of amides is 1. The molecule has 2 aromatic rings. The first-order chi connectivity index (χ1) is 10.6. The van der Waals surface area contributed by atoms with Crippen molar-refractivity contribution < 1.29 is 14.3 Å². The Labute approximate surface area is 129 Å². The van der Waals surface area contributed by atoms with E-state index in [2.05, 4.69) is 10.6 Å². The van der Waals surface area contributed by atoms with Crippen LogP contribution in [0.4, 0.5) is 11.4 Å². The molecule has 1 heterocycles. The summed E-state index contributed by atoms with van der Waals surface area (Å²) in [5.41, 5.74) is 3.61. The lowest BCUT2D eigenvalue weighted by molar-refractivity contribution is -0.116. The molecule has 0 aliphatic carbocycles. The Morgan fingerprint density at radius 1 is 1.09 bits per heavy atom. The number of rotatable bonds is 4. The van der Waals surface area contributed by atoms with Gasteiger partial charge in [0.05, 0.1) is 19.9 Å². The molecule has 22 heavy (non-hydrogen) atoms. The lowest BCUT2D eigenvalue weighted by Gasteiger charge is -2.17. The molecule has 0 radical (unpaired) electrons. The molecule has 5 heteroatoms. The third-order valence-corrected chi connectivity index (χ3v) is 3.74. The van der Waals surface area contributed by atoms with E-state index in [1.54, 1.807) is 14.2 Å². The summed E-state index contributed by atoms with van der Waals surface area (Å²) in [7, 11) is 3.20. The quantitative estimate of drug-likeness (QED) is 0.910. The Morgan fingerprint density at radius 2 is 1.91 bits per heavy atom. The van der Waals surface area contributed by atoms with E-state index in [9.17, 15) is 4.79 Å². The first-order valence-corrected chi connectivity index (χ1v) is 7.02. The molecule has 1 aliphatic rings. The number of carbonyl (C=O) groups excluding carboxylic acids is 1. The summed E-state index contributed by atoms with van der Waals surface area (Å²) >= 11 is 0. The first kappa shape index (κ1) is 14.3. The van der Waals surface area contributed by atoms with Crippen molar-refractivity contribution in [3.8, 4) is 11.5 Å². The minimum Gasteiger partial charge on any atom is -0.497 e.